The number of hydrogen-bond acceptors (Lipinski definition) is 3. The Labute approximate surface area is 158 Å². The van der Waals surface area contributed by atoms with Crippen molar-refractivity contribution in [3.8, 4) is 0 Å². The van der Waals surface area contributed by atoms with Crippen molar-refractivity contribution in [3.63, 3.8) is 0 Å². The highest BCUT2D eigenvalue weighted by Crippen LogP contribution is 2.43. The average molecular weight is 364 g/mol. The quantitative estimate of drug-likeness (QED) is 0.641. The predicted octanol–water partition coefficient (Wildman–Crippen LogP) is 3.91. The molecule has 5 nitrogen and oxygen atoms in total. The molecular weight excluding hydrogens is 340 g/mol. The van der Waals surface area contributed by atoms with E-state index in [4.69, 9.17) is 0 Å². The highest BCUT2D eigenvalue weighted by molar-refractivity contribution is 6.20. The number of nitrogens with zero attached hydrogens (tertiary/aromatic N) is 1. The van der Waals surface area contributed by atoms with Crippen molar-refractivity contribution in [2.45, 2.75) is 52.6 Å². The van der Waals surface area contributed by atoms with E-state index < -0.39 is 6.04 Å². The molecule has 0 spiro atoms. The fourth-order valence-corrected chi connectivity index (χ4v) is 4.45. The largest absolute Gasteiger partial charge is 0.509 e. The van der Waals surface area contributed by atoms with E-state index in [-0.39, 0.29) is 29.1 Å². The summed E-state index contributed by atoms with van der Waals surface area (Å²) in [7, 11) is 0. The van der Waals surface area contributed by atoms with Crippen molar-refractivity contribution >= 4 is 22.6 Å². The summed E-state index contributed by atoms with van der Waals surface area (Å²) in [6.07, 6.45) is 3.56. The van der Waals surface area contributed by atoms with Gasteiger partial charge < -0.3 is 15.0 Å². The number of aliphatic hydroxyl groups is 1. The molecule has 0 fully saturated rings. The lowest BCUT2D eigenvalue weighted by Crippen LogP contribution is -2.43. The Kier molecular flexibility index (Phi) is 3.98. The number of fused-ring (bicyclic) bond motifs is 4. The molecule has 2 aliphatic heterocycles. The van der Waals surface area contributed by atoms with Crippen molar-refractivity contribution in [2.24, 2.45) is 0 Å². The molecule has 1 amide bonds. The molecule has 3 heterocycles. The van der Waals surface area contributed by atoms with Gasteiger partial charge in [0.1, 0.15) is 11.3 Å². The number of aromatic amines is 1. The minimum atomic E-state index is -0.464. The maximum atomic E-state index is 12.7. The number of rotatable bonds is 3. The number of aromatic nitrogens is 1. The molecule has 2 N–H and O–H groups in total. The second kappa shape index (κ2) is 6.12. The molecule has 0 saturated carbocycles. The third kappa shape index (κ3) is 2.52. The van der Waals surface area contributed by atoms with E-state index in [1.54, 1.807) is 4.90 Å². The molecule has 2 aromatic rings. The standard InChI is InChI=1S/C22H24N2O3/c1-11(2)8-9-14-6-5-7-16-19(14)15-10-17-21(26)18(13(4)25)22(27)24(17)12(3)20(15)23-16/h5-8,12,17,23,26H,9-10H2,1-4H3. The molecule has 27 heavy (non-hydrogen) atoms. The minimum Gasteiger partial charge on any atom is -0.509 e. The van der Waals surface area contributed by atoms with Crippen molar-refractivity contribution in [1.82, 2.24) is 9.88 Å². The molecule has 5 heteroatoms. The maximum Gasteiger partial charge on any atom is 0.262 e. The molecule has 2 atom stereocenters. The number of benzene rings is 1. The monoisotopic (exact) mass is 364 g/mol. The van der Waals surface area contributed by atoms with E-state index in [1.807, 2.05) is 13.0 Å². The minimum absolute atomic E-state index is 0.0638. The van der Waals surface area contributed by atoms with Crippen LogP contribution in [0.1, 0.15) is 50.6 Å². The van der Waals surface area contributed by atoms with Crippen molar-refractivity contribution in [1.29, 1.82) is 0 Å². The lowest BCUT2D eigenvalue weighted by Gasteiger charge is -2.36. The van der Waals surface area contributed by atoms with E-state index in [0.29, 0.717) is 6.42 Å². The summed E-state index contributed by atoms with van der Waals surface area (Å²) in [4.78, 5) is 29.7. The van der Waals surface area contributed by atoms with Crippen LogP contribution in [0.15, 0.2) is 41.2 Å². The van der Waals surface area contributed by atoms with Crippen LogP contribution in [0.3, 0.4) is 0 Å². The van der Waals surface area contributed by atoms with Gasteiger partial charge in [-0.15, -0.1) is 0 Å². The van der Waals surface area contributed by atoms with Crippen LogP contribution in [0.5, 0.6) is 0 Å². The van der Waals surface area contributed by atoms with Crippen LogP contribution >= 0.6 is 0 Å². The van der Waals surface area contributed by atoms with Gasteiger partial charge in [0, 0.05) is 23.0 Å². The van der Waals surface area contributed by atoms with Gasteiger partial charge in [-0.1, -0.05) is 23.8 Å². The summed E-state index contributed by atoms with van der Waals surface area (Å²) >= 11 is 0. The topological polar surface area (TPSA) is 73.4 Å². The summed E-state index contributed by atoms with van der Waals surface area (Å²) in [5, 5.41) is 11.8. The number of amides is 1. The van der Waals surface area contributed by atoms with Crippen molar-refractivity contribution < 1.29 is 14.7 Å². The molecular formula is C22H24N2O3. The number of carbonyl (C=O) groups is 2. The Balaban J connectivity index is 1.87. The number of aliphatic hydroxyl groups excluding tert-OH is 1. The van der Waals surface area contributed by atoms with E-state index >= 15 is 0 Å². The predicted molar refractivity (Wildman–Crippen MR) is 105 cm³/mol. The zero-order valence-electron chi connectivity index (χ0n) is 16.1. The van der Waals surface area contributed by atoms with E-state index in [0.717, 1.165) is 23.2 Å². The summed E-state index contributed by atoms with van der Waals surface area (Å²) in [6.45, 7) is 7.45. The molecule has 1 aromatic heterocycles. The van der Waals surface area contributed by atoms with Crippen LogP contribution in [0, 0.1) is 0 Å². The summed E-state index contributed by atoms with van der Waals surface area (Å²) in [5.74, 6) is -0.829. The fraction of sp³-hybridized carbons (Fsp3) is 0.364. The van der Waals surface area contributed by atoms with Crippen LogP contribution in [-0.4, -0.2) is 32.7 Å². The van der Waals surface area contributed by atoms with Gasteiger partial charge in [-0.05, 0) is 51.3 Å². The number of Topliss-reactive ketones (excluding diaryl/α,β-unsaturated/α-hetero) is 1. The highest BCUT2D eigenvalue weighted by Gasteiger charge is 2.47. The van der Waals surface area contributed by atoms with E-state index in [2.05, 4.69) is 37.0 Å². The van der Waals surface area contributed by atoms with Gasteiger partial charge >= 0.3 is 0 Å². The molecule has 140 valence electrons. The van der Waals surface area contributed by atoms with Gasteiger partial charge in [0.05, 0.1) is 12.1 Å². The first-order valence-electron chi connectivity index (χ1n) is 9.33. The molecule has 0 saturated heterocycles. The molecule has 0 radical (unpaired) electrons. The van der Waals surface area contributed by atoms with Crippen LogP contribution in [0.4, 0.5) is 0 Å². The number of H-pyrrole nitrogens is 1. The summed E-state index contributed by atoms with van der Waals surface area (Å²) in [6, 6.07) is 5.53. The number of nitrogens with one attached hydrogen (secondary N) is 1. The van der Waals surface area contributed by atoms with Crippen LogP contribution in [0.25, 0.3) is 10.9 Å². The fourth-order valence-electron chi connectivity index (χ4n) is 4.45. The number of carbonyl (C=O) groups excluding carboxylic acids is 2. The summed E-state index contributed by atoms with van der Waals surface area (Å²) < 4.78 is 0. The Hall–Kier alpha value is -2.82. The third-order valence-corrected chi connectivity index (χ3v) is 5.72. The van der Waals surface area contributed by atoms with Gasteiger partial charge in [0.25, 0.3) is 5.91 Å². The second-order valence-corrected chi connectivity index (χ2v) is 7.77. The molecule has 1 aromatic carbocycles. The zero-order chi connectivity index (χ0) is 19.5. The van der Waals surface area contributed by atoms with Gasteiger partial charge in [-0.3, -0.25) is 9.59 Å². The first kappa shape index (κ1) is 17.6. The van der Waals surface area contributed by atoms with Crippen LogP contribution < -0.4 is 0 Å². The molecule has 2 aliphatic rings. The lowest BCUT2D eigenvalue weighted by molar-refractivity contribution is -0.131. The Morgan fingerprint density at radius 3 is 2.74 bits per heavy atom. The average Bonchev–Trinajstić information content (AvgIpc) is 3.10. The first-order chi connectivity index (χ1) is 12.8. The smallest absolute Gasteiger partial charge is 0.262 e. The van der Waals surface area contributed by atoms with Crippen LogP contribution in [-0.2, 0) is 22.4 Å². The Bertz CT molecular complexity index is 1040. The van der Waals surface area contributed by atoms with Gasteiger partial charge in [-0.25, -0.2) is 0 Å². The molecule has 0 bridgehead atoms. The molecule has 0 aliphatic carbocycles. The van der Waals surface area contributed by atoms with Gasteiger partial charge in [0.2, 0.25) is 0 Å². The lowest BCUT2D eigenvalue weighted by atomic mass is 9.90. The SMILES string of the molecule is CC(=O)C1=C(O)C2Cc3c([nH]c4cccc(CC=C(C)C)c34)C(C)N2C1=O. The van der Waals surface area contributed by atoms with Crippen molar-refractivity contribution in [2.75, 3.05) is 0 Å². The van der Waals surface area contributed by atoms with Crippen molar-refractivity contribution in [3.05, 3.63) is 58.0 Å². The Morgan fingerprint density at radius 1 is 1.33 bits per heavy atom. The molecule has 2 unspecified atom stereocenters. The van der Waals surface area contributed by atoms with Gasteiger partial charge in [0.15, 0.2) is 5.78 Å². The first-order valence-corrected chi connectivity index (χ1v) is 9.33. The zero-order valence-corrected chi connectivity index (χ0v) is 16.1. The Morgan fingerprint density at radius 2 is 2.07 bits per heavy atom. The van der Waals surface area contributed by atoms with E-state index in [1.165, 1.54) is 23.4 Å². The number of allylic oxidation sites excluding steroid dienone is 2. The van der Waals surface area contributed by atoms with E-state index in [9.17, 15) is 14.7 Å². The number of ketones is 1. The van der Waals surface area contributed by atoms with Crippen LogP contribution in [0.2, 0.25) is 0 Å². The normalized spacial score (nSPS) is 21.5. The number of hydrogen-bond donors (Lipinski definition) is 2. The highest BCUT2D eigenvalue weighted by atomic mass is 16.3. The third-order valence-electron chi connectivity index (χ3n) is 5.72. The second-order valence-electron chi connectivity index (χ2n) is 7.77. The summed E-state index contributed by atoms with van der Waals surface area (Å²) in [5.41, 5.74) is 5.62. The molecule has 4 rings (SSSR count). The van der Waals surface area contributed by atoms with Gasteiger partial charge in [-0.2, -0.15) is 0 Å². The maximum absolute atomic E-state index is 12.7.